The minimum Gasteiger partial charge on any atom is -0.463 e. The Kier molecular flexibility index (Phi) is 14.4. The summed E-state index contributed by atoms with van der Waals surface area (Å²) in [6.07, 6.45) is 3.45. The number of hydrogen-bond donors (Lipinski definition) is 1. The zero-order valence-corrected chi connectivity index (χ0v) is 35.1. The van der Waals surface area contributed by atoms with E-state index in [1.807, 2.05) is 61.1 Å². The highest BCUT2D eigenvalue weighted by Crippen LogP contribution is 2.36. The van der Waals surface area contributed by atoms with Gasteiger partial charge in [0, 0.05) is 69.9 Å². The predicted molar refractivity (Wildman–Crippen MR) is 229 cm³/mol. The first-order valence-electron chi connectivity index (χ1n) is 19.8. The molecular weight excluding hydrogens is 807 g/mol. The lowest BCUT2D eigenvalue weighted by Crippen LogP contribution is -2.44. The van der Waals surface area contributed by atoms with Crippen LogP contribution in [0.15, 0.2) is 119 Å². The molecule has 1 aliphatic rings. The summed E-state index contributed by atoms with van der Waals surface area (Å²) in [5, 5.41) is 2.92. The summed E-state index contributed by atoms with van der Waals surface area (Å²) in [6, 6.07) is 27.1. The average Bonchev–Trinajstić information content (AvgIpc) is 4.12. The number of esters is 1. The molecule has 4 aromatic heterocycles. The lowest BCUT2D eigenvalue weighted by molar-refractivity contribution is 0.0566. The Balaban J connectivity index is 0.000000214. The van der Waals surface area contributed by atoms with Crippen LogP contribution in [0.25, 0.3) is 45.4 Å². The molecule has 8 rings (SSSR count). The van der Waals surface area contributed by atoms with Gasteiger partial charge in [0.15, 0.2) is 17.3 Å². The van der Waals surface area contributed by atoms with Gasteiger partial charge in [-0.05, 0) is 132 Å². The van der Waals surface area contributed by atoms with Crippen LogP contribution >= 0.6 is 0 Å². The lowest BCUT2D eigenvalue weighted by atomic mass is 10.1. The molecule has 0 atom stereocenters. The van der Waals surface area contributed by atoms with E-state index in [0.717, 1.165) is 54.4 Å². The van der Waals surface area contributed by atoms with Crippen LogP contribution < -0.4 is 10.2 Å². The number of hydrogen-bond acceptors (Lipinski definition) is 9. The Morgan fingerprint density at radius 1 is 0.645 bits per heavy atom. The van der Waals surface area contributed by atoms with Gasteiger partial charge in [0.05, 0.1) is 31.2 Å². The van der Waals surface area contributed by atoms with E-state index in [1.54, 1.807) is 61.2 Å². The highest BCUT2D eigenvalue weighted by molar-refractivity contribution is 6.02. The molecule has 0 radical (unpaired) electrons. The number of rotatable bonds is 10. The van der Waals surface area contributed by atoms with Gasteiger partial charge in [-0.1, -0.05) is 0 Å². The maximum absolute atomic E-state index is 13.5. The van der Waals surface area contributed by atoms with Crippen LogP contribution in [0.5, 0.6) is 0 Å². The number of aromatic nitrogens is 4. The van der Waals surface area contributed by atoms with Crippen LogP contribution in [0.2, 0.25) is 0 Å². The molecule has 3 aromatic carbocycles. The van der Waals surface area contributed by atoms with E-state index in [1.165, 1.54) is 31.4 Å². The van der Waals surface area contributed by atoms with Crippen molar-refractivity contribution in [3.63, 3.8) is 0 Å². The molecule has 0 bridgehead atoms. The molecule has 1 aliphatic heterocycles. The summed E-state index contributed by atoms with van der Waals surface area (Å²) in [5.41, 5.74) is 6.19. The van der Waals surface area contributed by atoms with Crippen molar-refractivity contribution >= 4 is 23.3 Å². The van der Waals surface area contributed by atoms with E-state index in [2.05, 4.69) is 36.9 Å². The number of methoxy groups -OCH3 is 1. The summed E-state index contributed by atoms with van der Waals surface area (Å²) < 4.78 is 62.9. The number of nitrogens with one attached hydrogen (secondary N) is 1. The highest BCUT2D eigenvalue weighted by Gasteiger charge is 2.23. The van der Waals surface area contributed by atoms with Crippen molar-refractivity contribution in [2.24, 2.45) is 0 Å². The van der Waals surface area contributed by atoms with Crippen molar-refractivity contribution in [2.45, 2.75) is 39.8 Å². The second kappa shape index (κ2) is 20.1. The van der Waals surface area contributed by atoms with Gasteiger partial charge < -0.3 is 37.8 Å². The number of carbonyl (C=O) groups excluding carboxylic acids is 2. The van der Waals surface area contributed by atoms with Crippen molar-refractivity contribution < 1.29 is 41.1 Å². The fraction of sp³-hybridized carbons (Fsp3) is 0.261. The fourth-order valence-corrected chi connectivity index (χ4v) is 6.91. The number of furan rings is 2. The Morgan fingerprint density at radius 3 is 1.55 bits per heavy atom. The summed E-state index contributed by atoms with van der Waals surface area (Å²) in [7, 11) is 3.43. The van der Waals surface area contributed by atoms with E-state index in [0.29, 0.717) is 28.6 Å². The quantitative estimate of drug-likeness (QED) is 0.106. The van der Waals surface area contributed by atoms with Crippen molar-refractivity contribution in [3.8, 4) is 45.4 Å². The topological polar surface area (TPSA) is 124 Å². The van der Waals surface area contributed by atoms with Gasteiger partial charge in [-0.15, -0.1) is 0 Å². The molecule has 324 valence electrons. The first-order chi connectivity index (χ1) is 29.9. The van der Waals surface area contributed by atoms with Crippen LogP contribution in [-0.4, -0.2) is 76.2 Å². The number of halogens is 4. The first-order valence-corrected chi connectivity index (χ1v) is 19.8. The molecule has 0 aliphatic carbocycles. The third-order valence-electron chi connectivity index (χ3n) is 10.2. The molecule has 16 heteroatoms. The van der Waals surface area contributed by atoms with Gasteiger partial charge in [-0.2, -0.15) is 0 Å². The molecule has 5 heterocycles. The lowest BCUT2D eigenvalue weighted by Gasteiger charge is -2.34. The number of nitrogens with zero attached hydrogens (tertiary/aromatic N) is 6. The van der Waals surface area contributed by atoms with Gasteiger partial charge in [0.2, 0.25) is 5.76 Å². The standard InChI is InChI=1S/C28H30FN5O2.C18H17FN2O3.F2/c1-19(2)34-18-30-26(20-4-6-21(29)7-5-20)27(34)24-12-13-25(36-24)28(35)31-22-8-10-23(11-9-22)33-16-14-32(3)15-17-33;1-11(2)21-10-20-16(12-4-6-13(19)7-5-12)17(21)14-8-9-15(24-14)18(22)23-3;1-2/h4-13,18-19H,14-17H2,1-3H3,(H,31,35);4-11H,1-3H3;. The van der Waals surface area contributed by atoms with Crippen molar-refractivity contribution in [3.05, 3.63) is 133 Å². The second-order valence-electron chi connectivity index (χ2n) is 15.0. The number of anilines is 2. The smallest absolute Gasteiger partial charge is 0.373 e. The number of benzene rings is 3. The Hall–Kier alpha value is -6.94. The van der Waals surface area contributed by atoms with Gasteiger partial charge >= 0.3 is 5.97 Å². The molecule has 62 heavy (non-hydrogen) atoms. The third kappa shape index (κ3) is 10.1. The van der Waals surface area contributed by atoms with E-state index in [-0.39, 0.29) is 41.1 Å². The molecule has 7 aromatic rings. The number of ether oxygens (including phenoxy) is 1. The second-order valence-corrected chi connectivity index (χ2v) is 15.0. The molecule has 0 spiro atoms. The van der Waals surface area contributed by atoms with E-state index in [4.69, 9.17) is 18.0 Å². The SMILES string of the molecule is CC(C)n1cnc(-c2ccc(F)cc2)c1-c1ccc(C(=O)Nc2ccc(N3CCN(C)CC3)cc2)o1.COC(=O)c1ccc(-c2c(-c3ccc(F)cc3)ncn2C(C)C)o1.FF. The van der Waals surface area contributed by atoms with Crippen LogP contribution in [-0.2, 0) is 4.74 Å². The molecule has 0 unspecified atom stereocenters. The largest absolute Gasteiger partial charge is 0.463 e. The Morgan fingerprint density at radius 2 is 1.10 bits per heavy atom. The molecular formula is C46H47F4N7O5. The van der Waals surface area contributed by atoms with E-state index in [9.17, 15) is 18.4 Å². The summed E-state index contributed by atoms with van der Waals surface area (Å²) in [4.78, 5) is 38.3. The predicted octanol–water partition coefficient (Wildman–Crippen LogP) is 10.7. The summed E-state index contributed by atoms with van der Waals surface area (Å²) in [6.45, 7) is 12.2. The molecule has 1 fully saturated rings. The first kappa shape index (κ1) is 44.6. The van der Waals surface area contributed by atoms with Crippen molar-refractivity contribution in [1.29, 1.82) is 0 Å². The molecule has 12 nitrogen and oxygen atoms in total. The zero-order valence-electron chi connectivity index (χ0n) is 35.1. The Labute approximate surface area is 356 Å². The van der Waals surface area contributed by atoms with Gasteiger partial charge in [0.1, 0.15) is 23.0 Å². The summed E-state index contributed by atoms with van der Waals surface area (Å²) in [5.74, 6) is -0.139. The minimum atomic E-state index is -0.541. The van der Waals surface area contributed by atoms with Gasteiger partial charge in [-0.25, -0.2) is 23.5 Å². The monoisotopic (exact) mass is 853 g/mol. The average molecular weight is 854 g/mol. The molecule has 0 saturated carbocycles. The number of piperazine rings is 1. The Bertz CT molecular complexity index is 2550. The van der Waals surface area contributed by atoms with Crippen LogP contribution in [0.4, 0.5) is 29.3 Å². The molecule has 1 amide bonds. The number of imidazole rings is 2. The number of carbonyl (C=O) groups is 2. The van der Waals surface area contributed by atoms with Crippen LogP contribution in [0.3, 0.4) is 0 Å². The van der Waals surface area contributed by atoms with Gasteiger partial charge in [-0.3, -0.25) is 4.79 Å². The van der Waals surface area contributed by atoms with Crippen LogP contribution in [0.1, 0.15) is 60.9 Å². The fourth-order valence-electron chi connectivity index (χ4n) is 6.91. The summed E-state index contributed by atoms with van der Waals surface area (Å²) >= 11 is 0. The maximum atomic E-state index is 13.5. The third-order valence-corrected chi connectivity index (χ3v) is 10.2. The number of likely N-dealkylation sites (N-methyl/N-ethyl adjacent to an activating group) is 1. The van der Waals surface area contributed by atoms with E-state index >= 15 is 0 Å². The van der Waals surface area contributed by atoms with Crippen molar-refractivity contribution in [2.75, 3.05) is 50.6 Å². The van der Waals surface area contributed by atoms with E-state index < -0.39 is 5.97 Å². The molecule has 1 saturated heterocycles. The highest BCUT2D eigenvalue weighted by atomic mass is 20.0. The number of amides is 1. The maximum Gasteiger partial charge on any atom is 0.373 e. The minimum absolute atomic E-state index is 0.114. The molecule has 1 N–H and O–H groups in total. The van der Waals surface area contributed by atoms with Crippen molar-refractivity contribution in [1.82, 2.24) is 24.0 Å². The van der Waals surface area contributed by atoms with Gasteiger partial charge in [0.25, 0.3) is 5.91 Å². The zero-order chi connectivity index (χ0) is 44.5. The normalized spacial score (nSPS) is 12.7. The van der Waals surface area contributed by atoms with Crippen LogP contribution in [0, 0.1) is 11.6 Å².